The first kappa shape index (κ1) is 23.2. The molecule has 10 nitrogen and oxygen atoms in total. The fourth-order valence-electron chi connectivity index (χ4n) is 4.04. The van der Waals surface area contributed by atoms with Crippen molar-refractivity contribution in [1.29, 1.82) is 0 Å². The lowest BCUT2D eigenvalue weighted by molar-refractivity contribution is -0.120. The number of fused-ring (bicyclic) bond motifs is 1. The van der Waals surface area contributed by atoms with Gasteiger partial charge in [-0.1, -0.05) is 11.6 Å². The number of benzene rings is 2. The molecule has 2 aromatic heterocycles. The Morgan fingerprint density at radius 3 is 2.61 bits per heavy atom. The largest absolute Gasteiger partial charge is 0.323 e. The molecule has 36 heavy (non-hydrogen) atoms. The van der Waals surface area contributed by atoms with Gasteiger partial charge in [-0.05, 0) is 36.4 Å². The molecule has 0 saturated carbocycles. The molecule has 3 amide bonds. The third-order valence-corrected chi connectivity index (χ3v) is 6.09. The number of aromatic nitrogens is 4. The monoisotopic (exact) mass is 507 g/mol. The zero-order chi connectivity index (χ0) is 25.4. The van der Waals surface area contributed by atoms with Gasteiger partial charge in [-0.3, -0.25) is 23.8 Å². The summed E-state index contributed by atoms with van der Waals surface area (Å²) in [6, 6.07) is 8.99. The van der Waals surface area contributed by atoms with Crippen LogP contribution in [0.2, 0.25) is 5.02 Å². The highest BCUT2D eigenvalue weighted by atomic mass is 35.5. The molecule has 1 atom stereocenters. The number of anilines is 2. The van der Waals surface area contributed by atoms with Gasteiger partial charge in [-0.2, -0.15) is 5.10 Å². The quantitative estimate of drug-likeness (QED) is 0.439. The topological polar surface area (TPSA) is 114 Å². The molecule has 12 heteroatoms. The Morgan fingerprint density at radius 1 is 1.11 bits per heavy atom. The number of urea groups is 1. The molecule has 182 valence electrons. The summed E-state index contributed by atoms with van der Waals surface area (Å²) < 4.78 is 17.7. The van der Waals surface area contributed by atoms with Crippen molar-refractivity contribution in [1.82, 2.24) is 24.2 Å². The molecule has 2 aromatic carbocycles. The molecule has 0 aliphatic carbocycles. The van der Waals surface area contributed by atoms with Gasteiger partial charge in [0, 0.05) is 41.8 Å². The molecule has 1 aliphatic rings. The molecule has 3 heterocycles. The average Bonchev–Trinajstić information content (AvgIpc) is 3.42. The van der Waals surface area contributed by atoms with E-state index in [1.807, 2.05) is 0 Å². The molecule has 0 radical (unpaired) electrons. The van der Waals surface area contributed by atoms with Crippen molar-refractivity contribution in [3.63, 3.8) is 0 Å². The van der Waals surface area contributed by atoms with E-state index in [1.165, 1.54) is 40.2 Å². The van der Waals surface area contributed by atoms with Gasteiger partial charge >= 0.3 is 6.03 Å². The van der Waals surface area contributed by atoms with Gasteiger partial charge in [0.2, 0.25) is 0 Å². The third kappa shape index (κ3) is 4.31. The van der Waals surface area contributed by atoms with Crippen LogP contribution in [-0.4, -0.2) is 36.2 Å². The van der Waals surface area contributed by atoms with E-state index in [1.54, 1.807) is 36.0 Å². The van der Waals surface area contributed by atoms with Crippen molar-refractivity contribution in [2.24, 2.45) is 7.05 Å². The Bertz CT molecular complexity index is 1530. The van der Waals surface area contributed by atoms with Crippen LogP contribution in [0.5, 0.6) is 0 Å². The molecule has 0 bridgehead atoms. The molecule has 0 saturated heterocycles. The van der Waals surface area contributed by atoms with Crippen molar-refractivity contribution in [2.45, 2.75) is 12.6 Å². The van der Waals surface area contributed by atoms with Crippen LogP contribution in [0.1, 0.15) is 17.3 Å². The lowest BCUT2D eigenvalue weighted by Gasteiger charge is -2.25. The molecular formula is C24H19ClFN7O3. The SMILES string of the molecule is Cn1ncc2c1CN(C(=O)Nc1ccc(Cl)cc1)[C@H]2C(=O)Nc1ccc(-n2ccncc2=O)cc1F. The highest BCUT2D eigenvalue weighted by molar-refractivity contribution is 6.30. The standard InChI is InChI=1S/C24H19ClFN7O3/c1-31-20-13-33(24(36)29-15-4-2-14(25)3-5-15)22(17(20)11-28-31)23(35)30-19-7-6-16(10-18(19)26)32-9-8-27-12-21(32)34/h2-12,22H,13H2,1H3,(H,29,36)(H,30,35)/t22-/m1/s1. The molecule has 2 N–H and O–H groups in total. The molecule has 4 aromatic rings. The van der Waals surface area contributed by atoms with E-state index in [-0.39, 0.29) is 17.9 Å². The Morgan fingerprint density at radius 2 is 1.89 bits per heavy atom. The number of nitrogens with zero attached hydrogens (tertiary/aromatic N) is 5. The number of hydrogen-bond donors (Lipinski definition) is 2. The Kier molecular flexibility index (Phi) is 5.98. The highest BCUT2D eigenvalue weighted by Crippen LogP contribution is 2.35. The molecule has 0 fully saturated rings. The molecular weight excluding hydrogens is 489 g/mol. The second-order valence-corrected chi connectivity index (χ2v) is 8.51. The lowest BCUT2D eigenvalue weighted by atomic mass is 10.1. The normalized spacial score (nSPS) is 14.4. The Balaban J connectivity index is 1.40. The Labute approximate surface area is 208 Å². The molecule has 5 rings (SSSR count). The summed E-state index contributed by atoms with van der Waals surface area (Å²) in [4.78, 5) is 43.5. The van der Waals surface area contributed by atoms with Gasteiger partial charge in [0.1, 0.15) is 11.9 Å². The van der Waals surface area contributed by atoms with Crippen molar-refractivity contribution in [3.8, 4) is 5.69 Å². The number of carbonyl (C=O) groups excluding carboxylic acids is 2. The van der Waals surface area contributed by atoms with Crippen molar-refractivity contribution in [3.05, 3.63) is 99.7 Å². The maximum atomic E-state index is 14.9. The summed E-state index contributed by atoms with van der Waals surface area (Å²) in [5, 5.41) is 10.0. The maximum Gasteiger partial charge on any atom is 0.323 e. The number of nitrogens with one attached hydrogen (secondary N) is 2. The number of hydrogen-bond acceptors (Lipinski definition) is 5. The number of amides is 3. The minimum atomic E-state index is -1.04. The van der Waals surface area contributed by atoms with E-state index in [9.17, 15) is 18.8 Å². The zero-order valence-corrected chi connectivity index (χ0v) is 19.6. The van der Waals surface area contributed by atoms with Crippen LogP contribution in [0, 0.1) is 5.82 Å². The molecule has 0 unspecified atom stereocenters. The van der Waals surface area contributed by atoms with Gasteiger partial charge in [0.15, 0.2) is 0 Å². The van der Waals surface area contributed by atoms with Crippen molar-refractivity contribution >= 4 is 34.9 Å². The second-order valence-electron chi connectivity index (χ2n) is 8.08. The predicted molar refractivity (Wildman–Crippen MR) is 130 cm³/mol. The van der Waals surface area contributed by atoms with Gasteiger partial charge in [0.25, 0.3) is 11.5 Å². The fraction of sp³-hybridized carbons (Fsp3) is 0.125. The van der Waals surface area contributed by atoms with Crippen LogP contribution in [0.25, 0.3) is 5.69 Å². The fourth-order valence-corrected chi connectivity index (χ4v) is 4.17. The van der Waals surface area contributed by atoms with Gasteiger partial charge < -0.3 is 15.5 Å². The summed E-state index contributed by atoms with van der Waals surface area (Å²) in [7, 11) is 1.72. The predicted octanol–water partition coefficient (Wildman–Crippen LogP) is 3.49. The lowest BCUT2D eigenvalue weighted by Crippen LogP contribution is -2.39. The number of carbonyl (C=O) groups is 2. The third-order valence-electron chi connectivity index (χ3n) is 5.84. The smallest absolute Gasteiger partial charge is 0.321 e. The summed E-state index contributed by atoms with van der Waals surface area (Å²) in [5.74, 6) is -1.35. The minimum Gasteiger partial charge on any atom is -0.321 e. The summed E-state index contributed by atoms with van der Waals surface area (Å²) in [6.45, 7) is 0.135. The summed E-state index contributed by atoms with van der Waals surface area (Å²) in [5.41, 5.74) is 1.49. The number of halogens is 2. The first-order valence-corrected chi connectivity index (χ1v) is 11.2. The van der Waals surface area contributed by atoms with E-state index >= 15 is 0 Å². The van der Waals surface area contributed by atoms with Crippen LogP contribution in [0.15, 0.2) is 72.0 Å². The summed E-state index contributed by atoms with van der Waals surface area (Å²) in [6.07, 6.45) is 5.45. The zero-order valence-electron chi connectivity index (χ0n) is 18.9. The maximum absolute atomic E-state index is 14.9. The number of aryl methyl sites for hydroxylation is 1. The van der Waals surface area contributed by atoms with Crippen LogP contribution >= 0.6 is 11.6 Å². The van der Waals surface area contributed by atoms with Gasteiger partial charge in [0.05, 0.1) is 36.0 Å². The van der Waals surface area contributed by atoms with Crippen LogP contribution in [0.4, 0.5) is 20.6 Å². The van der Waals surface area contributed by atoms with Crippen LogP contribution < -0.4 is 16.2 Å². The van der Waals surface area contributed by atoms with Crippen molar-refractivity contribution < 1.29 is 14.0 Å². The summed E-state index contributed by atoms with van der Waals surface area (Å²) >= 11 is 5.91. The first-order valence-electron chi connectivity index (χ1n) is 10.8. The first-order chi connectivity index (χ1) is 17.3. The van der Waals surface area contributed by atoms with Gasteiger partial charge in [-0.25, -0.2) is 9.18 Å². The van der Waals surface area contributed by atoms with E-state index in [0.29, 0.717) is 22.0 Å². The minimum absolute atomic E-state index is 0.0961. The van der Waals surface area contributed by atoms with Crippen molar-refractivity contribution in [2.75, 3.05) is 10.6 Å². The highest BCUT2D eigenvalue weighted by Gasteiger charge is 2.41. The molecule has 0 spiro atoms. The van der Waals surface area contributed by atoms with Crippen LogP contribution in [-0.2, 0) is 18.4 Å². The van der Waals surface area contributed by atoms with E-state index < -0.39 is 29.4 Å². The second kappa shape index (κ2) is 9.27. The van der Waals surface area contributed by atoms with E-state index in [2.05, 4.69) is 20.7 Å². The average molecular weight is 508 g/mol. The molecule has 1 aliphatic heterocycles. The Hall–Kier alpha value is -4.51. The van der Waals surface area contributed by atoms with E-state index in [4.69, 9.17) is 11.6 Å². The van der Waals surface area contributed by atoms with E-state index in [0.717, 1.165) is 12.3 Å². The van der Waals surface area contributed by atoms with Gasteiger partial charge in [-0.15, -0.1) is 0 Å². The van der Waals surface area contributed by atoms with Crippen LogP contribution in [0.3, 0.4) is 0 Å². The number of rotatable bonds is 4.